The second-order valence-electron chi connectivity index (χ2n) is 4.60. The Morgan fingerprint density at radius 2 is 2.50 bits per heavy atom. The van der Waals surface area contributed by atoms with E-state index in [2.05, 4.69) is 6.92 Å². The molecule has 1 aliphatic heterocycles. The van der Waals surface area contributed by atoms with Gasteiger partial charge in [-0.15, -0.1) is 0 Å². The van der Waals surface area contributed by atoms with Crippen molar-refractivity contribution in [1.29, 1.82) is 0 Å². The molecule has 0 bridgehead atoms. The van der Waals surface area contributed by atoms with E-state index in [1.807, 2.05) is 4.57 Å². The fourth-order valence-electron chi connectivity index (χ4n) is 2.15. The molecule has 1 aromatic rings. The van der Waals surface area contributed by atoms with Crippen molar-refractivity contribution in [3.8, 4) is 0 Å². The predicted octanol–water partition coefficient (Wildman–Crippen LogP) is 1.82. The van der Waals surface area contributed by atoms with Crippen LogP contribution in [0.15, 0.2) is 12.3 Å². The SMILES string of the molecule is CCCn1cc(N)cc1C(=O)OC1CCCOC1. The van der Waals surface area contributed by atoms with Crippen molar-refractivity contribution >= 4 is 11.7 Å². The molecule has 1 aliphatic rings. The highest BCUT2D eigenvalue weighted by Crippen LogP contribution is 2.16. The second kappa shape index (κ2) is 5.91. The number of hydrogen-bond acceptors (Lipinski definition) is 4. The molecule has 0 spiro atoms. The number of carbonyl (C=O) groups is 1. The molecule has 0 radical (unpaired) electrons. The van der Waals surface area contributed by atoms with Gasteiger partial charge in [0.25, 0.3) is 0 Å². The van der Waals surface area contributed by atoms with E-state index in [0.717, 1.165) is 32.4 Å². The average molecular weight is 252 g/mol. The number of aryl methyl sites for hydroxylation is 1. The van der Waals surface area contributed by atoms with Gasteiger partial charge in [-0.05, 0) is 25.3 Å². The minimum absolute atomic E-state index is 0.127. The molecule has 0 amide bonds. The van der Waals surface area contributed by atoms with Crippen molar-refractivity contribution in [1.82, 2.24) is 4.57 Å². The maximum absolute atomic E-state index is 12.1. The Morgan fingerprint density at radius 3 is 3.17 bits per heavy atom. The lowest BCUT2D eigenvalue weighted by atomic mass is 10.2. The van der Waals surface area contributed by atoms with Crippen LogP contribution in [0.3, 0.4) is 0 Å². The van der Waals surface area contributed by atoms with Gasteiger partial charge in [-0.3, -0.25) is 0 Å². The zero-order valence-electron chi connectivity index (χ0n) is 10.7. The summed E-state index contributed by atoms with van der Waals surface area (Å²) in [4.78, 5) is 12.1. The molecular formula is C13H20N2O3. The third kappa shape index (κ3) is 3.04. The normalized spacial score (nSPS) is 19.7. The number of nitrogens with zero attached hydrogens (tertiary/aromatic N) is 1. The minimum atomic E-state index is -0.310. The quantitative estimate of drug-likeness (QED) is 0.830. The molecule has 0 aromatic carbocycles. The van der Waals surface area contributed by atoms with Gasteiger partial charge in [0.2, 0.25) is 0 Å². The molecule has 5 nitrogen and oxygen atoms in total. The summed E-state index contributed by atoms with van der Waals surface area (Å²) in [6.07, 6.45) is 4.40. The van der Waals surface area contributed by atoms with Gasteiger partial charge in [-0.2, -0.15) is 0 Å². The molecule has 1 saturated heterocycles. The van der Waals surface area contributed by atoms with Gasteiger partial charge < -0.3 is 19.8 Å². The van der Waals surface area contributed by atoms with Gasteiger partial charge in [0.05, 0.1) is 12.3 Å². The molecule has 2 rings (SSSR count). The van der Waals surface area contributed by atoms with Crippen LogP contribution in [0, 0.1) is 0 Å². The fraction of sp³-hybridized carbons (Fsp3) is 0.615. The molecule has 1 atom stereocenters. The maximum atomic E-state index is 12.1. The van der Waals surface area contributed by atoms with E-state index < -0.39 is 0 Å². The standard InChI is InChI=1S/C13H20N2O3/c1-2-5-15-8-10(14)7-12(15)13(16)18-11-4-3-6-17-9-11/h7-8,11H,2-6,9,14H2,1H3. The summed E-state index contributed by atoms with van der Waals surface area (Å²) < 4.78 is 12.6. The number of aromatic nitrogens is 1. The van der Waals surface area contributed by atoms with Crippen LogP contribution in [0.1, 0.15) is 36.7 Å². The maximum Gasteiger partial charge on any atom is 0.355 e. The van der Waals surface area contributed by atoms with Crippen LogP contribution in [-0.2, 0) is 16.0 Å². The van der Waals surface area contributed by atoms with Crippen molar-refractivity contribution in [3.05, 3.63) is 18.0 Å². The highest BCUT2D eigenvalue weighted by molar-refractivity contribution is 5.89. The van der Waals surface area contributed by atoms with E-state index in [9.17, 15) is 4.79 Å². The largest absolute Gasteiger partial charge is 0.455 e. The number of anilines is 1. The van der Waals surface area contributed by atoms with E-state index >= 15 is 0 Å². The summed E-state index contributed by atoms with van der Waals surface area (Å²) in [7, 11) is 0. The summed E-state index contributed by atoms with van der Waals surface area (Å²) in [5, 5.41) is 0. The summed E-state index contributed by atoms with van der Waals surface area (Å²) in [5.74, 6) is -0.310. The highest BCUT2D eigenvalue weighted by Gasteiger charge is 2.21. The van der Waals surface area contributed by atoms with Crippen LogP contribution in [0.25, 0.3) is 0 Å². The Kier molecular flexibility index (Phi) is 4.25. The molecule has 18 heavy (non-hydrogen) atoms. The molecule has 0 saturated carbocycles. The lowest BCUT2D eigenvalue weighted by molar-refractivity contribution is -0.0312. The van der Waals surface area contributed by atoms with Crippen LogP contribution >= 0.6 is 0 Å². The topological polar surface area (TPSA) is 66.5 Å². The van der Waals surface area contributed by atoms with Crippen molar-refractivity contribution in [3.63, 3.8) is 0 Å². The first kappa shape index (κ1) is 13.0. The van der Waals surface area contributed by atoms with Crippen molar-refractivity contribution in [2.75, 3.05) is 18.9 Å². The van der Waals surface area contributed by atoms with E-state index in [1.165, 1.54) is 0 Å². The molecule has 2 N–H and O–H groups in total. The zero-order valence-corrected chi connectivity index (χ0v) is 10.7. The summed E-state index contributed by atoms with van der Waals surface area (Å²) in [5.41, 5.74) is 6.85. The van der Waals surface area contributed by atoms with Crippen LogP contribution in [0.4, 0.5) is 5.69 Å². The smallest absolute Gasteiger partial charge is 0.355 e. The molecule has 2 heterocycles. The van der Waals surface area contributed by atoms with Gasteiger partial charge in [0, 0.05) is 19.3 Å². The van der Waals surface area contributed by atoms with Crippen LogP contribution in [-0.4, -0.2) is 29.9 Å². The van der Waals surface area contributed by atoms with Crippen molar-refractivity contribution < 1.29 is 14.3 Å². The third-order valence-corrected chi connectivity index (χ3v) is 2.98. The predicted molar refractivity (Wildman–Crippen MR) is 68.4 cm³/mol. The number of nitrogens with two attached hydrogens (primary N) is 1. The van der Waals surface area contributed by atoms with Gasteiger partial charge >= 0.3 is 5.97 Å². The lowest BCUT2D eigenvalue weighted by Crippen LogP contribution is -2.28. The lowest BCUT2D eigenvalue weighted by Gasteiger charge is -2.22. The Bertz CT molecular complexity index is 408. The second-order valence-corrected chi connectivity index (χ2v) is 4.60. The third-order valence-electron chi connectivity index (χ3n) is 2.98. The van der Waals surface area contributed by atoms with Crippen LogP contribution in [0.2, 0.25) is 0 Å². The van der Waals surface area contributed by atoms with Crippen molar-refractivity contribution in [2.45, 2.75) is 38.8 Å². The first-order valence-electron chi connectivity index (χ1n) is 6.45. The molecule has 5 heteroatoms. The molecule has 0 aliphatic carbocycles. The molecule has 1 fully saturated rings. The highest BCUT2D eigenvalue weighted by atomic mass is 16.6. The molecule has 1 aromatic heterocycles. The van der Waals surface area contributed by atoms with E-state index in [0.29, 0.717) is 18.0 Å². The van der Waals surface area contributed by atoms with Gasteiger partial charge in [-0.1, -0.05) is 6.92 Å². The Hall–Kier alpha value is -1.49. The molecule has 100 valence electrons. The van der Waals surface area contributed by atoms with Crippen LogP contribution < -0.4 is 5.73 Å². The van der Waals surface area contributed by atoms with Crippen LogP contribution in [0.5, 0.6) is 0 Å². The first-order chi connectivity index (χ1) is 8.70. The number of rotatable bonds is 4. The van der Waals surface area contributed by atoms with Gasteiger partial charge in [0.15, 0.2) is 0 Å². The number of hydrogen-bond donors (Lipinski definition) is 1. The number of nitrogen functional groups attached to an aromatic ring is 1. The van der Waals surface area contributed by atoms with Gasteiger partial charge in [-0.25, -0.2) is 4.79 Å². The summed E-state index contributed by atoms with van der Waals surface area (Å²) >= 11 is 0. The van der Waals surface area contributed by atoms with E-state index in [-0.39, 0.29) is 12.1 Å². The Labute approximate surface area is 107 Å². The Balaban J connectivity index is 2.03. The van der Waals surface area contributed by atoms with E-state index in [4.69, 9.17) is 15.2 Å². The Morgan fingerprint density at radius 1 is 1.67 bits per heavy atom. The summed E-state index contributed by atoms with van der Waals surface area (Å²) in [6.45, 7) is 4.08. The van der Waals surface area contributed by atoms with E-state index in [1.54, 1.807) is 12.3 Å². The van der Waals surface area contributed by atoms with Crippen molar-refractivity contribution in [2.24, 2.45) is 0 Å². The van der Waals surface area contributed by atoms with Gasteiger partial charge in [0.1, 0.15) is 11.8 Å². The number of ether oxygens (including phenoxy) is 2. The summed E-state index contributed by atoms with van der Waals surface area (Å²) in [6, 6.07) is 1.67. The minimum Gasteiger partial charge on any atom is -0.455 e. The zero-order chi connectivity index (χ0) is 13.0. The number of esters is 1. The molecular weight excluding hydrogens is 232 g/mol. The molecule has 1 unspecified atom stereocenters. The number of carbonyl (C=O) groups excluding carboxylic acids is 1. The monoisotopic (exact) mass is 252 g/mol. The fourth-order valence-corrected chi connectivity index (χ4v) is 2.15. The first-order valence-corrected chi connectivity index (χ1v) is 6.45. The average Bonchev–Trinajstić information content (AvgIpc) is 2.72.